The molecule has 0 saturated heterocycles. The fourth-order valence-corrected chi connectivity index (χ4v) is 3.29. The summed E-state index contributed by atoms with van der Waals surface area (Å²) in [6.07, 6.45) is 0. The maximum absolute atomic E-state index is 12.4. The molecule has 0 spiro atoms. The van der Waals surface area contributed by atoms with E-state index in [1.54, 1.807) is 31.2 Å². The molecule has 0 unspecified atom stereocenters. The number of benzene rings is 3. The van der Waals surface area contributed by atoms with Crippen LogP contribution in [-0.2, 0) is 9.53 Å². The van der Waals surface area contributed by atoms with Gasteiger partial charge < -0.3 is 10.1 Å². The van der Waals surface area contributed by atoms with Gasteiger partial charge in [0.2, 0.25) is 11.1 Å². The molecule has 1 heterocycles. The minimum absolute atomic E-state index is 0.385. The Morgan fingerprint density at radius 3 is 2.15 bits per heavy atom. The second-order valence-electron chi connectivity index (χ2n) is 7.31. The number of para-hydroxylation sites is 1. The minimum atomic E-state index is -0.959. The molecule has 7 heteroatoms. The standard InChI is InChI=1S/C26H21N3O4/c1-18-16-23(30)25(28-29(18)22-10-6-3-7-11-22)26(32)33-17-24(31)27-21-14-12-20(13-15-21)19-8-4-2-5-9-19/h2-16H,17H2,1H3,(H,27,31). The van der Waals surface area contributed by atoms with Crippen molar-refractivity contribution in [3.63, 3.8) is 0 Å². The van der Waals surface area contributed by atoms with E-state index in [0.29, 0.717) is 17.1 Å². The Hall–Kier alpha value is -4.52. The molecule has 4 rings (SSSR count). The normalized spacial score (nSPS) is 10.5. The number of amides is 1. The van der Waals surface area contributed by atoms with E-state index in [0.717, 1.165) is 11.1 Å². The Bertz CT molecular complexity index is 1330. The number of nitrogens with one attached hydrogen (secondary N) is 1. The van der Waals surface area contributed by atoms with Gasteiger partial charge in [0.15, 0.2) is 6.61 Å². The van der Waals surface area contributed by atoms with Crippen LogP contribution in [0.1, 0.15) is 16.2 Å². The summed E-state index contributed by atoms with van der Waals surface area (Å²) in [5, 5.41) is 6.81. The Labute approximate surface area is 190 Å². The van der Waals surface area contributed by atoms with Crippen molar-refractivity contribution in [1.82, 2.24) is 9.78 Å². The van der Waals surface area contributed by atoms with E-state index in [9.17, 15) is 14.4 Å². The van der Waals surface area contributed by atoms with Gasteiger partial charge in [-0.2, -0.15) is 5.10 Å². The molecule has 7 nitrogen and oxygen atoms in total. The number of rotatable bonds is 6. The first-order valence-corrected chi connectivity index (χ1v) is 10.3. The third kappa shape index (κ3) is 5.22. The molecule has 164 valence electrons. The van der Waals surface area contributed by atoms with Crippen LogP contribution < -0.4 is 10.7 Å². The fraction of sp³-hybridized carbons (Fsp3) is 0.0769. The molecule has 0 fully saturated rings. The summed E-state index contributed by atoms with van der Waals surface area (Å²) in [5.74, 6) is -1.48. The topological polar surface area (TPSA) is 90.3 Å². The molecule has 0 atom stereocenters. The van der Waals surface area contributed by atoms with Crippen molar-refractivity contribution in [2.45, 2.75) is 6.92 Å². The second-order valence-corrected chi connectivity index (χ2v) is 7.31. The van der Waals surface area contributed by atoms with E-state index < -0.39 is 23.9 Å². The molecular weight excluding hydrogens is 418 g/mol. The highest BCUT2D eigenvalue weighted by molar-refractivity contribution is 5.95. The zero-order chi connectivity index (χ0) is 23.2. The van der Waals surface area contributed by atoms with Crippen molar-refractivity contribution < 1.29 is 14.3 Å². The first kappa shape index (κ1) is 21.7. The monoisotopic (exact) mass is 439 g/mol. The molecule has 1 aromatic heterocycles. The molecular formula is C26H21N3O4. The van der Waals surface area contributed by atoms with E-state index >= 15 is 0 Å². The summed E-state index contributed by atoms with van der Waals surface area (Å²) in [4.78, 5) is 37.0. The lowest BCUT2D eigenvalue weighted by molar-refractivity contribution is -0.119. The number of hydrogen-bond acceptors (Lipinski definition) is 5. The number of carbonyl (C=O) groups excluding carboxylic acids is 2. The van der Waals surface area contributed by atoms with Crippen LogP contribution in [0.3, 0.4) is 0 Å². The lowest BCUT2D eigenvalue weighted by Crippen LogP contribution is -2.27. The average Bonchev–Trinajstić information content (AvgIpc) is 2.84. The van der Waals surface area contributed by atoms with E-state index in [2.05, 4.69) is 10.4 Å². The SMILES string of the molecule is Cc1cc(=O)c(C(=O)OCC(=O)Nc2ccc(-c3ccccc3)cc2)nn1-c1ccccc1. The van der Waals surface area contributed by atoms with E-state index in [4.69, 9.17) is 4.74 Å². The lowest BCUT2D eigenvalue weighted by Gasteiger charge is -2.11. The third-order valence-electron chi connectivity index (χ3n) is 4.91. The molecule has 0 aliphatic rings. The van der Waals surface area contributed by atoms with Gasteiger partial charge in [0.25, 0.3) is 5.91 Å². The highest BCUT2D eigenvalue weighted by atomic mass is 16.5. The van der Waals surface area contributed by atoms with Crippen LogP contribution in [0.5, 0.6) is 0 Å². The molecule has 33 heavy (non-hydrogen) atoms. The summed E-state index contributed by atoms with van der Waals surface area (Å²) in [6, 6.07) is 27.6. The van der Waals surface area contributed by atoms with Crippen molar-refractivity contribution in [2.75, 3.05) is 11.9 Å². The number of hydrogen-bond donors (Lipinski definition) is 1. The maximum Gasteiger partial charge on any atom is 0.363 e. The average molecular weight is 439 g/mol. The van der Waals surface area contributed by atoms with Gasteiger partial charge in [0.05, 0.1) is 5.69 Å². The first-order valence-electron chi connectivity index (χ1n) is 10.3. The van der Waals surface area contributed by atoms with E-state index in [-0.39, 0.29) is 5.69 Å². The van der Waals surface area contributed by atoms with Crippen LogP contribution in [0.25, 0.3) is 16.8 Å². The van der Waals surface area contributed by atoms with Crippen LogP contribution in [0.2, 0.25) is 0 Å². The van der Waals surface area contributed by atoms with Gasteiger partial charge >= 0.3 is 5.97 Å². The summed E-state index contributed by atoms with van der Waals surface area (Å²) in [7, 11) is 0. The van der Waals surface area contributed by atoms with Gasteiger partial charge in [-0.1, -0.05) is 60.7 Å². The Morgan fingerprint density at radius 2 is 1.48 bits per heavy atom. The van der Waals surface area contributed by atoms with Gasteiger partial charge in [-0.3, -0.25) is 9.59 Å². The molecule has 0 bridgehead atoms. The predicted octanol–water partition coefficient (Wildman–Crippen LogP) is 4.00. The highest BCUT2D eigenvalue weighted by Gasteiger charge is 2.18. The van der Waals surface area contributed by atoms with Crippen molar-refractivity contribution in [2.24, 2.45) is 0 Å². The third-order valence-corrected chi connectivity index (χ3v) is 4.91. The van der Waals surface area contributed by atoms with Crippen LogP contribution >= 0.6 is 0 Å². The number of anilines is 1. The smallest absolute Gasteiger partial charge is 0.363 e. The zero-order valence-electron chi connectivity index (χ0n) is 17.9. The van der Waals surface area contributed by atoms with Gasteiger partial charge in [-0.05, 0) is 42.3 Å². The minimum Gasteiger partial charge on any atom is -0.451 e. The molecule has 3 aromatic carbocycles. The largest absolute Gasteiger partial charge is 0.451 e. The van der Waals surface area contributed by atoms with Crippen LogP contribution in [-0.4, -0.2) is 28.3 Å². The summed E-state index contributed by atoms with van der Waals surface area (Å²) in [5.41, 5.74) is 2.96. The molecule has 1 amide bonds. The van der Waals surface area contributed by atoms with Gasteiger partial charge in [-0.15, -0.1) is 0 Å². The van der Waals surface area contributed by atoms with Crippen molar-refractivity contribution >= 4 is 17.6 Å². The quantitative estimate of drug-likeness (QED) is 0.459. The van der Waals surface area contributed by atoms with Gasteiger partial charge in [0.1, 0.15) is 0 Å². The summed E-state index contributed by atoms with van der Waals surface area (Å²) in [6.45, 7) is 1.17. The highest BCUT2D eigenvalue weighted by Crippen LogP contribution is 2.21. The number of ether oxygens (including phenoxy) is 1. The molecule has 4 aromatic rings. The summed E-state index contributed by atoms with van der Waals surface area (Å²) < 4.78 is 6.52. The van der Waals surface area contributed by atoms with Gasteiger partial charge in [0, 0.05) is 17.4 Å². The molecule has 1 N–H and O–H groups in total. The van der Waals surface area contributed by atoms with Crippen molar-refractivity contribution in [1.29, 1.82) is 0 Å². The second kappa shape index (κ2) is 9.74. The van der Waals surface area contributed by atoms with Crippen molar-refractivity contribution in [3.8, 4) is 16.8 Å². The lowest BCUT2D eigenvalue weighted by atomic mass is 10.1. The van der Waals surface area contributed by atoms with Gasteiger partial charge in [-0.25, -0.2) is 9.48 Å². The fourth-order valence-electron chi connectivity index (χ4n) is 3.29. The first-order chi connectivity index (χ1) is 16.0. The number of nitrogens with zero attached hydrogens (tertiary/aromatic N) is 2. The molecule has 0 radical (unpaired) electrons. The number of carbonyl (C=O) groups is 2. The van der Waals surface area contributed by atoms with Crippen molar-refractivity contribution in [3.05, 3.63) is 113 Å². The molecule has 0 aliphatic carbocycles. The van der Waals surface area contributed by atoms with Crippen LogP contribution in [0.15, 0.2) is 95.8 Å². The number of aryl methyl sites for hydroxylation is 1. The Kier molecular flexibility index (Phi) is 6.40. The summed E-state index contributed by atoms with van der Waals surface area (Å²) >= 11 is 0. The van der Waals surface area contributed by atoms with Crippen LogP contribution in [0.4, 0.5) is 5.69 Å². The number of aromatic nitrogens is 2. The predicted molar refractivity (Wildman–Crippen MR) is 125 cm³/mol. The van der Waals surface area contributed by atoms with Crippen LogP contribution in [0, 0.1) is 6.92 Å². The van der Waals surface area contributed by atoms with E-state index in [1.807, 2.05) is 60.7 Å². The Morgan fingerprint density at radius 1 is 0.879 bits per heavy atom. The zero-order valence-corrected chi connectivity index (χ0v) is 17.9. The Balaban J connectivity index is 1.40. The number of esters is 1. The van der Waals surface area contributed by atoms with E-state index in [1.165, 1.54) is 10.7 Å². The maximum atomic E-state index is 12.4. The molecule has 0 saturated carbocycles. The molecule has 0 aliphatic heterocycles.